The molecule has 0 rings (SSSR count). The van der Waals surface area contributed by atoms with Gasteiger partial charge in [-0.05, 0) is 64.2 Å². The van der Waals surface area contributed by atoms with Gasteiger partial charge in [0.15, 0.2) is 6.10 Å². The fourth-order valence-corrected chi connectivity index (χ4v) is 8.64. The van der Waals surface area contributed by atoms with Gasteiger partial charge in [0, 0.05) is 19.3 Å². The Morgan fingerprint density at radius 2 is 0.528 bits per heavy atom. The van der Waals surface area contributed by atoms with E-state index in [4.69, 9.17) is 14.2 Å². The van der Waals surface area contributed by atoms with Crippen molar-refractivity contribution in [3.05, 3.63) is 85.1 Å². The minimum atomic E-state index is -0.796. The van der Waals surface area contributed by atoms with Crippen LogP contribution < -0.4 is 0 Å². The zero-order valence-electron chi connectivity index (χ0n) is 47.4. The lowest BCUT2D eigenvalue weighted by Crippen LogP contribution is -2.30. The summed E-state index contributed by atoms with van der Waals surface area (Å²) in [6, 6.07) is 0. The van der Waals surface area contributed by atoms with E-state index in [9.17, 15) is 14.4 Å². The van der Waals surface area contributed by atoms with Crippen molar-refractivity contribution >= 4 is 17.9 Å². The summed E-state index contributed by atoms with van der Waals surface area (Å²) < 4.78 is 16.9. The molecule has 0 fully saturated rings. The molecule has 0 aromatic rings. The highest BCUT2D eigenvalue weighted by molar-refractivity contribution is 5.71. The Balaban J connectivity index is 4.45. The lowest BCUT2D eigenvalue weighted by Gasteiger charge is -2.18. The molecule has 72 heavy (non-hydrogen) atoms. The highest BCUT2D eigenvalue weighted by Gasteiger charge is 2.19. The second-order valence-corrected chi connectivity index (χ2v) is 20.4. The van der Waals surface area contributed by atoms with Crippen molar-refractivity contribution in [2.45, 2.75) is 303 Å². The molecule has 1 atom stereocenters. The van der Waals surface area contributed by atoms with Crippen LogP contribution in [-0.2, 0) is 28.6 Å². The van der Waals surface area contributed by atoms with Crippen LogP contribution in [0.4, 0.5) is 0 Å². The molecule has 0 radical (unpaired) electrons. The van der Waals surface area contributed by atoms with Crippen LogP contribution in [0, 0.1) is 0 Å². The molecule has 0 aliphatic heterocycles. The number of rotatable bonds is 55. The highest BCUT2D eigenvalue weighted by Crippen LogP contribution is 2.16. The Bertz CT molecular complexity index is 1380. The van der Waals surface area contributed by atoms with Crippen LogP contribution in [0.3, 0.4) is 0 Å². The summed E-state index contributed by atoms with van der Waals surface area (Å²) in [5, 5.41) is 0. The molecule has 0 saturated carbocycles. The lowest BCUT2D eigenvalue weighted by atomic mass is 10.0. The van der Waals surface area contributed by atoms with Crippen molar-refractivity contribution in [3.63, 3.8) is 0 Å². The smallest absolute Gasteiger partial charge is 0.306 e. The van der Waals surface area contributed by atoms with Gasteiger partial charge in [0.25, 0.3) is 0 Å². The first-order valence-corrected chi connectivity index (χ1v) is 30.7. The summed E-state index contributed by atoms with van der Waals surface area (Å²) in [6.45, 7) is 6.55. The first-order chi connectivity index (χ1) is 35.5. The van der Waals surface area contributed by atoms with E-state index >= 15 is 0 Å². The second-order valence-electron chi connectivity index (χ2n) is 20.4. The van der Waals surface area contributed by atoms with Crippen LogP contribution in [0.5, 0.6) is 0 Å². The molecular formula is C66H114O6. The molecule has 0 spiro atoms. The average molecular weight is 1000 g/mol. The fraction of sp³-hybridized carbons (Fsp3) is 0.742. The van der Waals surface area contributed by atoms with Crippen LogP contribution >= 0.6 is 0 Å². The van der Waals surface area contributed by atoms with Crippen LogP contribution in [0.25, 0.3) is 0 Å². The van der Waals surface area contributed by atoms with E-state index in [1.807, 2.05) is 24.3 Å². The van der Waals surface area contributed by atoms with Gasteiger partial charge in [-0.2, -0.15) is 0 Å². The second kappa shape index (κ2) is 60.1. The van der Waals surface area contributed by atoms with E-state index in [1.165, 1.54) is 154 Å². The number of hydrogen-bond acceptors (Lipinski definition) is 6. The van der Waals surface area contributed by atoms with E-state index in [2.05, 4.69) is 81.5 Å². The van der Waals surface area contributed by atoms with Gasteiger partial charge in [-0.1, -0.05) is 298 Å². The molecule has 6 heteroatoms. The zero-order chi connectivity index (χ0) is 52.2. The fourth-order valence-electron chi connectivity index (χ4n) is 8.64. The van der Waals surface area contributed by atoms with E-state index in [0.29, 0.717) is 19.3 Å². The highest BCUT2D eigenvalue weighted by atomic mass is 16.6. The third-order valence-electron chi connectivity index (χ3n) is 13.3. The molecule has 0 bridgehead atoms. The van der Waals surface area contributed by atoms with E-state index < -0.39 is 6.10 Å². The molecule has 0 saturated heterocycles. The topological polar surface area (TPSA) is 78.9 Å². The Hall–Kier alpha value is -3.41. The third kappa shape index (κ3) is 57.5. The molecule has 0 aliphatic rings. The predicted octanol–water partition coefficient (Wildman–Crippen LogP) is 20.7. The van der Waals surface area contributed by atoms with Gasteiger partial charge in [-0.3, -0.25) is 14.4 Å². The molecule has 0 heterocycles. The number of unbranched alkanes of at least 4 members (excludes halogenated alkanes) is 35. The van der Waals surface area contributed by atoms with Crippen molar-refractivity contribution in [2.75, 3.05) is 13.2 Å². The summed E-state index contributed by atoms with van der Waals surface area (Å²) in [5.41, 5.74) is 0. The molecular weight excluding hydrogens is 889 g/mol. The monoisotopic (exact) mass is 1000 g/mol. The van der Waals surface area contributed by atoms with Crippen molar-refractivity contribution in [1.29, 1.82) is 0 Å². The first-order valence-electron chi connectivity index (χ1n) is 30.7. The van der Waals surface area contributed by atoms with Crippen molar-refractivity contribution < 1.29 is 28.6 Å². The van der Waals surface area contributed by atoms with Gasteiger partial charge in [-0.25, -0.2) is 0 Å². The molecule has 0 aliphatic carbocycles. The molecule has 1 unspecified atom stereocenters. The molecule has 0 aromatic carbocycles. The average Bonchev–Trinajstić information content (AvgIpc) is 3.38. The maximum atomic E-state index is 12.9. The minimum Gasteiger partial charge on any atom is -0.462 e. The largest absolute Gasteiger partial charge is 0.462 e. The maximum absolute atomic E-state index is 12.9. The van der Waals surface area contributed by atoms with Crippen LogP contribution in [0.1, 0.15) is 297 Å². The normalized spacial score (nSPS) is 12.7. The molecule has 414 valence electrons. The lowest BCUT2D eigenvalue weighted by molar-refractivity contribution is -0.167. The maximum Gasteiger partial charge on any atom is 0.306 e. The Kier molecular flexibility index (Phi) is 57.3. The predicted molar refractivity (Wildman–Crippen MR) is 311 cm³/mol. The summed E-state index contributed by atoms with van der Waals surface area (Å²) in [5.74, 6) is -0.919. The van der Waals surface area contributed by atoms with Crippen LogP contribution in [-0.4, -0.2) is 37.2 Å². The number of hydrogen-bond donors (Lipinski definition) is 0. The van der Waals surface area contributed by atoms with Crippen molar-refractivity contribution in [1.82, 2.24) is 0 Å². The molecule has 0 N–H and O–H groups in total. The summed E-state index contributed by atoms with van der Waals surface area (Å²) in [6.07, 6.45) is 78.5. The SMILES string of the molecule is CCC\C=C/C=C\C=C/C=C\C=C/CCCCCCCC(=O)OCC(COC(=O)CCCCCCCCCCCCCCCCCCCC)OC(=O)CCCCCCC/C=C\C=C/CCCCCCCCC. The van der Waals surface area contributed by atoms with Gasteiger partial charge >= 0.3 is 17.9 Å². The van der Waals surface area contributed by atoms with Crippen LogP contribution in [0.15, 0.2) is 85.1 Å². The third-order valence-corrected chi connectivity index (χ3v) is 13.3. The summed E-state index contributed by atoms with van der Waals surface area (Å²) in [4.78, 5) is 38.3. The van der Waals surface area contributed by atoms with E-state index in [1.54, 1.807) is 0 Å². The van der Waals surface area contributed by atoms with Gasteiger partial charge in [-0.15, -0.1) is 0 Å². The zero-order valence-corrected chi connectivity index (χ0v) is 47.4. The van der Waals surface area contributed by atoms with E-state index in [-0.39, 0.29) is 31.1 Å². The molecule has 6 nitrogen and oxygen atoms in total. The number of ether oxygens (including phenoxy) is 3. The molecule has 0 aromatic heterocycles. The van der Waals surface area contributed by atoms with Crippen LogP contribution in [0.2, 0.25) is 0 Å². The van der Waals surface area contributed by atoms with Gasteiger partial charge in [0.2, 0.25) is 0 Å². The van der Waals surface area contributed by atoms with Crippen molar-refractivity contribution in [2.24, 2.45) is 0 Å². The molecule has 0 amide bonds. The van der Waals surface area contributed by atoms with Gasteiger partial charge in [0.1, 0.15) is 13.2 Å². The Labute approximate surface area is 445 Å². The quantitative estimate of drug-likeness (QED) is 0.0261. The van der Waals surface area contributed by atoms with E-state index in [0.717, 1.165) is 103 Å². The number of allylic oxidation sites excluding steroid dienone is 14. The number of carbonyl (C=O) groups is 3. The summed E-state index contributed by atoms with van der Waals surface area (Å²) >= 11 is 0. The van der Waals surface area contributed by atoms with Gasteiger partial charge < -0.3 is 14.2 Å². The van der Waals surface area contributed by atoms with Gasteiger partial charge in [0.05, 0.1) is 0 Å². The first kappa shape index (κ1) is 68.6. The standard InChI is InChI=1S/C66H114O6/c1-4-7-10-13-16-19-22-25-28-31-34-37-40-43-46-49-52-55-58-64(67)70-61-63(72-66(69)60-57-54-51-48-45-42-39-36-33-30-27-24-21-18-15-12-9-6-3)62-71-65(68)59-56-53-50-47-44-41-38-35-32-29-26-23-20-17-14-11-8-5-2/h10,13,16,19,22,25,28,30-31,33-34,36-37,39,63H,4-9,11-12,14-15,17-18,20-21,23-24,26-27,29,32,35,38,40-62H2,1-3H3/b13-10-,19-16-,25-22-,31-28-,33-30-,37-34-,39-36-. The van der Waals surface area contributed by atoms with Crippen molar-refractivity contribution in [3.8, 4) is 0 Å². The minimum absolute atomic E-state index is 0.0893. The number of carbonyl (C=O) groups excluding carboxylic acids is 3. The Morgan fingerprint density at radius 1 is 0.278 bits per heavy atom. The Morgan fingerprint density at radius 3 is 0.847 bits per heavy atom. The summed E-state index contributed by atoms with van der Waals surface area (Å²) in [7, 11) is 0. The number of esters is 3.